The summed E-state index contributed by atoms with van der Waals surface area (Å²) >= 11 is 0. The van der Waals surface area contributed by atoms with Gasteiger partial charge < -0.3 is 5.11 Å². The first-order valence-corrected chi connectivity index (χ1v) is 8.16. The van der Waals surface area contributed by atoms with E-state index in [1.54, 1.807) is 0 Å². The molecule has 2 N–H and O–H groups in total. The lowest BCUT2D eigenvalue weighted by molar-refractivity contribution is -0.143. The van der Waals surface area contributed by atoms with Gasteiger partial charge in [0, 0.05) is 6.04 Å². The normalized spacial score (nSPS) is 22.4. The number of nitrogens with one attached hydrogen (secondary N) is 1. The molecule has 0 bridgehead atoms. The molecular weight excluding hydrogens is 292 g/mol. The fourth-order valence-electron chi connectivity index (χ4n) is 2.54. The number of carbonyl (C=O) groups is 1. The zero-order chi connectivity index (χ0) is 15.5. The zero-order valence-electron chi connectivity index (χ0n) is 11.3. The molecule has 0 radical (unpaired) electrons. The molecule has 1 saturated carbocycles. The van der Waals surface area contributed by atoms with Crippen molar-refractivity contribution in [1.29, 1.82) is 5.26 Å². The molecule has 1 fully saturated rings. The number of benzene rings is 1. The number of carboxylic acid groups (broad SMARTS) is 1. The molecule has 1 aromatic rings. The minimum absolute atomic E-state index is 0.0269. The van der Waals surface area contributed by atoms with E-state index in [4.69, 9.17) is 10.4 Å². The molecule has 2 unspecified atom stereocenters. The van der Waals surface area contributed by atoms with Crippen LogP contribution in [0.1, 0.15) is 31.2 Å². The fourth-order valence-corrected chi connectivity index (χ4v) is 3.87. The van der Waals surface area contributed by atoms with Crippen molar-refractivity contribution >= 4 is 16.0 Å². The van der Waals surface area contributed by atoms with E-state index in [9.17, 15) is 13.2 Å². The summed E-state index contributed by atoms with van der Waals surface area (Å²) in [7, 11) is -3.74. The summed E-state index contributed by atoms with van der Waals surface area (Å²) in [6, 6.07) is 7.27. The van der Waals surface area contributed by atoms with Crippen molar-refractivity contribution in [2.45, 2.75) is 36.6 Å². The van der Waals surface area contributed by atoms with Gasteiger partial charge in [0.25, 0.3) is 0 Å². The quantitative estimate of drug-likeness (QED) is 0.876. The van der Waals surface area contributed by atoms with E-state index in [0.29, 0.717) is 25.7 Å². The molecule has 2 rings (SSSR count). The SMILES string of the molecule is N#Cc1cccc(S(=O)(=O)NC2CCCC(C(=O)O)C2)c1. The first-order valence-electron chi connectivity index (χ1n) is 6.67. The van der Waals surface area contributed by atoms with Crippen LogP contribution in [0, 0.1) is 17.2 Å². The lowest BCUT2D eigenvalue weighted by Gasteiger charge is -2.27. The van der Waals surface area contributed by atoms with Crippen molar-refractivity contribution in [3.05, 3.63) is 29.8 Å². The third kappa shape index (κ3) is 3.80. The first kappa shape index (κ1) is 15.5. The summed E-state index contributed by atoms with van der Waals surface area (Å²) < 4.78 is 27.1. The molecule has 7 heteroatoms. The van der Waals surface area contributed by atoms with Crippen LogP contribution in [0.15, 0.2) is 29.2 Å². The maximum atomic E-state index is 12.3. The average Bonchev–Trinajstić information content (AvgIpc) is 2.47. The van der Waals surface area contributed by atoms with Crippen LogP contribution in [0.2, 0.25) is 0 Å². The van der Waals surface area contributed by atoms with Gasteiger partial charge >= 0.3 is 5.97 Å². The fraction of sp³-hybridized carbons (Fsp3) is 0.429. The van der Waals surface area contributed by atoms with Crippen molar-refractivity contribution in [3.63, 3.8) is 0 Å². The summed E-state index contributed by atoms with van der Waals surface area (Å²) in [4.78, 5) is 11.0. The number of rotatable bonds is 4. The molecular formula is C14H16N2O4S. The summed E-state index contributed by atoms with van der Waals surface area (Å²) in [5.74, 6) is -1.39. The smallest absolute Gasteiger partial charge is 0.306 e. The molecule has 0 spiro atoms. The van der Waals surface area contributed by atoms with Gasteiger partial charge in [-0.25, -0.2) is 13.1 Å². The second-order valence-corrected chi connectivity index (χ2v) is 6.87. The average molecular weight is 308 g/mol. The molecule has 0 aromatic heterocycles. The Morgan fingerprint density at radius 1 is 1.38 bits per heavy atom. The Hall–Kier alpha value is -1.91. The van der Waals surface area contributed by atoms with Crippen LogP contribution in [0.25, 0.3) is 0 Å². The summed E-state index contributed by atoms with van der Waals surface area (Å²) in [5, 5.41) is 17.8. The first-order chi connectivity index (χ1) is 9.92. The van der Waals surface area contributed by atoms with Crippen LogP contribution in [-0.2, 0) is 14.8 Å². The van der Waals surface area contributed by atoms with Crippen LogP contribution in [0.4, 0.5) is 0 Å². The lowest BCUT2D eigenvalue weighted by Crippen LogP contribution is -2.39. The maximum Gasteiger partial charge on any atom is 0.306 e. The van der Waals surface area contributed by atoms with Gasteiger partial charge in [-0.15, -0.1) is 0 Å². The van der Waals surface area contributed by atoms with E-state index in [2.05, 4.69) is 4.72 Å². The number of nitriles is 1. The van der Waals surface area contributed by atoms with E-state index >= 15 is 0 Å². The number of sulfonamides is 1. The van der Waals surface area contributed by atoms with Crippen molar-refractivity contribution in [2.24, 2.45) is 5.92 Å². The minimum Gasteiger partial charge on any atom is -0.481 e. The minimum atomic E-state index is -3.74. The Bertz CT molecular complexity index is 678. The second kappa shape index (κ2) is 6.24. The zero-order valence-corrected chi connectivity index (χ0v) is 12.1. The molecule has 0 saturated heterocycles. The molecule has 6 nitrogen and oxygen atoms in total. The van der Waals surface area contributed by atoms with E-state index < -0.39 is 21.9 Å². The van der Waals surface area contributed by atoms with Gasteiger partial charge in [-0.3, -0.25) is 4.79 Å². The Balaban J connectivity index is 2.14. The Morgan fingerprint density at radius 3 is 2.81 bits per heavy atom. The molecule has 0 aliphatic heterocycles. The molecule has 0 amide bonds. The number of hydrogen-bond donors (Lipinski definition) is 2. The van der Waals surface area contributed by atoms with Crippen LogP contribution >= 0.6 is 0 Å². The predicted octanol–water partition coefficient (Wildman–Crippen LogP) is 1.48. The summed E-state index contributed by atoms with van der Waals surface area (Å²) in [5.41, 5.74) is 0.268. The Kier molecular flexibility index (Phi) is 4.60. The van der Waals surface area contributed by atoms with Gasteiger partial charge in [-0.2, -0.15) is 5.26 Å². The molecule has 1 aliphatic carbocycles. The summed E-state index contributed by atoms with van der Waals surface area (Å²) in [6.07, 6.45) is 2.19. The predicted molar refractivity (Wildman–Crippen MR) is 74.9 cm³/mol. The van der Waals surface area contributed by atoms with Gasteiger partial charge in [0.1, 0.15) is 0 Å². The molecule has 1 aromatic carbocycles. The van der Waals surface area contributed by atoms with Gasteiger partial charge in [-0.05, 0) is 37.5 Å². The third-order valence-corrected chi connectivity index (χ3v) is 5.14. The van der Waals surface area contributed by atoms with Crippen molar-refractivity contribution in [2.75, 3.05) is 0 Å². The van der Waals surface area contributed by atoms with Crippen LogP contribution in [-0.4, -0.2) is 25.5 Å². The van der Waals surface area contributed by atoms with Crippen LogP contribution in [0.3, 0.4) is 0 Å². The van der Waals surface area contributed by atoms with Crippen LogP contribution in [0.5, 0.6) is 0 Å². The lowest BCUT2D eigenvalue weighted by atomic mass is 9.86. The van der Waals surface area contributed by atoms with Gasteiger partial charge in [0.2, 0.25) is 10.0 Å². The van der Waals surface area contributed by atoms with Gasteiger partial charge in [0.15, 0.2) is 0 Å². The Labute approximate surface area is 123 Å². The highest BCUT2D eigenvalue weighted by atomic mass is 32.2. The second-order valence-electron chi connectivity index (χ2n) is 5.16. The molecule has 0 heterocycles. The highest BCUT2D eigenvalue weighted by Crippen LogP contribution is 2.25. The highest BCUT2D eigenvalue weighted by molar-refractivity contribution is 7.89. The Morgan fingerprint density at radius 2 is 2.14 bits per heavy atom. The third-order valence-electron chi connectivity index (χ3n) is 3.62. The van der Waals surface area contributed by atoms with Gasteiger partial charge in [-0.1, -0.05) is 12.5 Å². The van der Waals surface area contributed by atoms with E-state index in [1.165, 1.54) is 24.3 Å². The number of carboxylic acids is 1. The molecule has 1 aliphatic rings. The molecule has 2 atom stereocenters. The number of hydrogen-bond acceptors (Lipinski definition) is 4. The molecule has 112 valence electrons. The van der Waals surface area contributed by atoms with Crippen molar-refractivity contribution in [3.8, 4) is 6.07 Å². The molecule has 21 heavy (non-hydrogen) atoms. The highest BCUT2D eigenvalue weighted by Gasteiger charge is 2.30. The number of nitrogens with zero attached hydrogens (tertiary/aromatic N) is 1. The maximum absolute atomic E-state index is 12.3. The topological polar surface area (TPSA) is 107 Å². The van der Waals surface area contributed by atoms with E-state index in [-0.39, 0.29) is 16.5 Å². The largest absolute Gasteiger partial charge is 0.481 e. The number of aliphatic carboxylic acids is 1. The van der Waals surface area contributed by atoms with Crippen molar-refractivity contribution < 1.29 is 18.3 Å². The standard InChI is InChI=1S/C14H16N2O4S/c15-9-10-3-1-6-13(7-10)21(19,20)16-12-5-2-4-11(8-12)14(17)18/h1,3,6-7,11-12,16H,2,4-5,8H2,(H,17,18). The van der Waals surface area contributed by atoms with Gasteiger partial charge in [0.05, 0.1) is 22.4 Å². The summed E-state index contributed by atoms with van der Waals surface area (Å²) in [6.45, 7) is 0. The van der Waals surface area contributed by atoms with E-state index in [1.807, 2.05) is 6.07 Å². The van der Waals surface area contributed by atoms with Crippen LogP contribution < -0.4 is 4.72 Å². The monoisotopic (exact) mass is 308 g/mol. The van der Waals surface area contributed by atoms with Crippen molar-refractivity contribution in [1.82, 2.24) is 4.72 Å². The van der Waals surface area contributed by atoms with E-state index in [0.717, 1.165) is 0 Å².